The SMILES string of the molecule is Cc1cc(C2CCN(C)C2)ncc1-c1cc2cnc(Nc3ccc(N4CCNCC4C)c(F)c3)nc2n(Cc2ccccc2C(F)(F)F)c1=O. The van der Waals surface area contributed by atoms with Gasteiger partial charge in [-0.05, 0) is 81.4 Å². The first kappa shape index (κ1) is 33.6. The fraction of sp³-hybridized carbons (Fsp3) is 0.351. The highest BCUT2D eigenvalue weighted by atomic mass is 19.4. The van der Waals surface area contributed by atoms with Crippen molar-refractivity contribution in [2.45, 2.75) is 44.9 Å². The Kier molecular flexibility index (Phi) is 9.04. The van der Waals surface area contributed by atoms with E-state index < -0.39 is 23.1 Å². The Bertz CT molecular complexity index is 2120. The Balaban J connectivity index is 1.29. The summed E-state index contributed by atoms with van der Waals surface area (Å²) in [5.74, 6) is -0.0618. The molecule has 2 aliphatic heterocycles. The van der Waals surface area contributed by atoms with E-state index in [1.807, 2.05) is 24.8 Å². The second kappa shape index (κ2) is 13.4. The molecule has 0 spiro atoms. The van der Waals surface area contributed by atoms with Gasteiger partial charge in [-0.1, -0.05) is 18.2 Å². The van der Waals surface area contributed by atoms with E-state index in [1.165, 1.54) is 35.0 Å². The average molecular weight is 687 g/mol. The molecule has 50 heavy (non-hydrogen) atoms. The normalized spacial score (nSPS) is 18.6. The van der Waals surface area contributed by atoms with Gasteiger partial charge in [0.05, 0.1) is 17.8 Å². The summed E-state index contributed by atoms with van der Waals surface area (Å²) in [6.45, 7) is 7.60. The summed E-state index contributed by atoms with van der Waals surface area (Å²) in [6, 6.07) is 13.7. The van der Waals surface area contributed by atoms with Crippen LogP contribution in [-0.4, -0.2) is 70.2 Å². The largest absolute Gasteiger partial charge is 0.416 e. The molecular formula is C37H38F4N8O. The standard InChI is InChI=1S/C37H38F4N8O/c1-22-14-32(25-10-12-47(3)20-25)43-19-29(22)28-15-26-18-44-36(45-27-8-9-33(31(38)16-27)48-13-11-42-17-23(48)2)46-34(26)49(35(28)50)21-24-6-4-5-7-30(24)37(39,40)41/h4-9,14-16,18-19,23,25,42H,10-13,17,20-21H2,1-3H3,(H,44,45,46). The molecular weight excluding hydrogens is 648 g/mol. The van der Waals surface area contributed by atoms with Crippen LogP contribution < -0.4 is 21.1 Å². The van der Waals surface area contributed by atoms with Gasteiger partial charge in [0.2, 0.25) is 5.95 Å². The zero-order chi connectivity index (χ0) is 35.2. The number of halogens is 4. The van der Waals surface area contributed by atoms with E-state index in [0.717, 1.165) is 49.9 Å². The average Bonchev–Trinajstić information content (AvgIpc) is 3.52. The number of benzene rings is 2. The van der Waals surface area contributed by atoms with E-state index in [2.05, 4.69) is 32.5 Å². The maximum absolute atomic E-state index is 15.3. The van der Waals surface area contributed by atoms with Gasteiger partial charge in [0.15, 0.2) is 0 Å². The highest BCUT2D eigenvalue weighted by molar-refractivity contribution is 5.82. The maximum atomic E-state index is 15.3. The number of hydrogen-bond donors (Lipinski definition) is 2. The molecule has 0 radical (unpaired) electrons. The minimum atomic E-state index is -4.63. The smallest absolute Gasteiger partial charge is 0.364 e. The van der Waals surface area contributed by atoms with Gasteiger partial charge in [-0.3, -0.25) is 14.3 Å². The van der Waals surface area contributed by atoms with Crippen LogP contribution in [0, 0.1) is 12.7 Å². The molecule has 7 rings (SSSR count). The van der Waals surface area contributed by atoms with E-state index in [1.54, 1.807) is 24.4 Å². The van der Waals surface area contributed by atoms with Gasteiger partial charge in [0, 0.05) is 78.4 Å². The third-order valence-electron chi connectivity index (χ3n) is 9.72. The number of likely N-dealkylation sites (N-methyl/N-ethyl adjacent to an activating group) is 1. The number of aryl methyl sites for hydroxylation is 1. The van der Waals surface area contributed by atoms with E-state index in [9.17, 15) is 18.0 Å². The van der Waals surface area contributed by atoms with Crippen LogP contribution in [0.25, 0.3) is 22.2 Å². The van der Waals surface area contributed by atoms with Crippen LogP contribution in [0.15, 0.2) is 71.8 Å². The molecule has 13 heteroatoms. The molecule has 2 aromatic carbocycles. The van der Waals surface area contributed by atoms with E-state index >= 15 is 4.39 Å². The molecule has 260 valence electrons. The van der Waals surface area contributed by atoms with Crippen LogP contribution in [0.2, 0.25) is 0 Å². The maximum Gasteiger partial charge on any atom is 0.416 e. The fourth-order valence-electron chi connectivity index (χ4n) is 7.07. The van der Waals surface area contributed by atoms with Crippen molar-refractivity contribution in [3.05, 3.63) is 106 Å². The van der Waals surface area contributed by atoms with Gasteiger partial charge in [-0.25, -0.2) is 9.37 Å². The lowest BCUT2D eigenvalue weighted by Crippen LogP contribution is -2.50. The fourth-order valence-corrected chi connectivity index (χ4v) is 7.07. The first-order valence-electron chi connectivity index (χ1n) is 16.7. The zero-order valence-corrected chi connectivity index (χ0v) is 28.1. The van der Waals surface area contributed by atoms with Crippen molar-refractivity contribution >= 4 is 28.4 Å². The van der Waals surface area contributed by atoms with E-state index in [-0.39, 0.29) is 41.2 Å². The van der Waals surface area contributed by atoms with Crippen LogP contribution in [0.3, 0.4) is 0 Å². The number of piperazine rings is 1. The lowest BCUT2D eigenvalue weighted by molar-refractivity contribution is -0.138. The van der Waals surface area contributed by atoms with Gasteiger partial charge in [0.25, 0.3) is 5.56 Å². The highest BCUT2D eigenvalue weighted by Gasteiger charge is 2.33. The molecule has 2 atom stereocenters. The summed E-state index contributed by atoms with van der Waals surface area (Å²) in [4.78, 5) is 32.3. The molecule has 3 aromatic heterocycles. The molecule has 0 saturated carbocycles. The predicted octanol–water partition coefficient (Wildman–Crippen LogP) is 6.33. The van der Waals surface area contributed by atoms with Crippen molar-refractivity contribution in [1.29, 1.82) is 0 Å². The number of nitrogens with one attached hydrogen (secondary N) is 2. The number of pyridine rings is 2. The van der Waals surface area contributed by atoms with Gasteiger partial charge < -0.3 is 20.4 Å². The second-order valence-corrected chi connectivity index (χ2v) is 13.3. The van der Waals surface area contributed by atoms with Gasteiger partial charge in [-0.15, -0.1) is 0 Å². The van der Waals surface area contributed by atoms with Gasteiger partial charge in [-0.2, -0.15) is 18.2 Å². The molecule has 2 N–H and O–H groups in total. The topological polar surface area (TPSA) is 91.2 Å². The van der Waals surface area contributed by atoms with Crippen molar-refractivity contribution in [2.24, 2.45) is 0 Å². The summed E-state index contributed by atoms with van der Waals surface area (Å²) in [7, 11) is 2.07. The Labute approximate surface area is 287 Å². The predicted molar refractivity (Wildman–Crippen MR) is 187 cm³/mol. The van der Waals surface area contributed by atoms with Crippen LogP contribution >= 0.6 is 0 Å². The Morgan fingerprint density at radius 1 is 1.02 bits per heavy atom. The van der Waals surface area contributed by atoms with Gasteiger partial charge in [0.1, 0.15) is 11.5 Å². The summed E-state index contributed by atoms with van der Waals surface area (Å²) < 4.78 is 58.9. The number of fused-ring (bicyclic) bond motifs is 1. The van der Waals surface area contributed by atoms with Crippen molar-refractivity contribution in [2.75, 3.05) is 50.0 Å². The Morgan fingerprint density at radius 3 is 2.56 bits per heavy atom. The molecule has 0 aliphatic carbocycles. The third kappa shape index (κ3) is 6.67. The summed E-state index contributed by atoms with van der Waals surface area (Å²) in [5, 5.41) is 6.76. The molecule has 5 aromatic rings. The molecule has 2 fully saturated rings. The Morgan fingerprint density at radius 2 is 1.84 bits per heavy atom. The number of anilines is 3. The molecule has 5 heterocycles. The zero-order valence-electron chi connectivity index (χ0n) is 28.1. The lowest BCUT2D eigenvalue weighted by Gasteiger charge is -2.36. The third-order valence-corrected chi connectivity index (χ3v) is 9.72. The molecule has 0 bridgehead atoms. The number of nitrogens with zero attached hydrogens (tertiary/aromatic N) is 6. The first-order valence-corrected chi connectivity index (χ1v) is 16.7. The number of hydrogen-bond acceptors (Lipinski definition) is 8. The molecule has 2 unspecified atom stereocenters. The summed E-state index contributed by atoms with van der Waals surface area (Å²) in [5.41, 5.74) is 2.23. The molecule has 2 aliphatic rings. The molecule has 9 nitrogen and oxygen atoms in total. The molecule has 0 amide bonds. The number of alkyl halides is 3. The van der Waals surface area contributed by atoms with Crippen LogP contribution in [0.5, 0.6) is 0 Å². The van der Waals surface area contributed by atoms with Gasteiger partial charge >= 0.3 is 6.18 Å². The van der Waals surface area contributed by atoms with Crippen molar-refractivity contribution in [1.82, 2.24) is 29.7 Å². The van der Waals surface area contributed by atoms with Crippen molar-refractivity contribution < 1.29 is 17.6 Å². The van der Waals surface area contributed by atoms with Crippen LogP contribution in [0.4, 0.5) is 34.9 Å². The van der Waals surface area contributed by atoms with Crippen LogP contribution in [-0.2, 0) is 12.7 Å². The van der Waals surface area contributed by atoms with E-state index in [0.29, 0.717) is 28.9 Å². The monoisotopic (exact) mass is 686 g/mol. The highest BCUT2D eigenvalue weighted by Crippen LogP contribution is 2.34. The summed E-state index contributed by atoms with van der Waals surface area (Å²) in [6.07, 6.45) is -0.448. The Hall–Kier alpha value is -4.88. The number of likely N-dealkylation sites (tertiary alicyclic amines) is 1. The molecule has 2 saturated heterocycles. The minimum Gasteiger partial charge on any atom is -0.364 e. The number of aromatic nitrogens is 4. The first-order chi connectivity index (χ1) is 24.0. The second-order valence-electron chi connectivity index (χ2n) is 13.3. The van der Waals surface area contributed by atoms with Crippen LogP contribution in [0.1, 0.15) is 41.6 Å². The minimum absolute atomic E-state index is 0.0638. The van der Waals surface area contributed by atoms with E-state index in [4.69, 9.17) is 4.98 Å². The van der Waals surface area contributed by atoms with Crippen molar-refractivity contribution in [3.8, 4) is 11.1 Å². The van der Waals surface area contributed by atoms with Crippen molar-refractivity contribution in [3.63, 3.8) is 0 Å². The summed E-state index contributed by atoms with van der Waals surface area (Å²) >= 11 is 0. The quantitative estimate of drug-likeness (QED) is 0.192. The lowest BCUT2D eigenvalue weighted by atomic mass is 9.98. The number of rotatable bonds is 7.